The Morgan fingerprint density at radius 2 is 2.00 bits per heavy atom. The average Bonchev–Trinajstić information content (AvgIpc) is 2.04. The highest BCUT2D eigenvalue weighted by Gasteiger charge is 2.04. The first-order valence-electron chi connectivity index (χ1n) is 3.99. The van der Waals surface area contributed by atoms with Crippen LogP contribution in [0.3, 0.4) is 0 Å². The van der Waals surface area contributed by atoms with E-state index in [9.17, 15) is 0 Å². The fourth-order valence-corrected chi connectivity index (χ4v) is 1.43. The molecule has 2 rings (SSSR count). The molecule has 0 aliphatic rings. The molecular weight excluding hydrogens is 148 g/mol. The van der Waals surface area contributed by atoms with E-state index in [1.54, 1.807) is 0 Å². The third-order valence-electron chi connectivity index (χ3n) is 1.94. The summed E-state index contributed by atoms with van der Waals surface area (Å²) in [5, 5.41) is 0. The zero-order chi connectivity index (χ0) is 8.55. The zero-order valence-electron chi connectivity index (χ0n) is 7.28. The number of nitrogens with zero attached hydrogens (tertiary/aromatic N) is 2. The molecule has 0 bridgehead atoms. The van der Waals surface area contributed by atoms with Crippen molar-refractivity contribution in [1.82, 2.24) is 4.98 Å². The summed E-state index contributed by atoms with van der Waals surface area (Å²) in [6, 6.07) is 8.14. The van der Waals surface area contributed by atoms with Gasteiger partial charge in [-0.2, -0.15) is 4.57 Å². The number of aromatic nitrogens is 2. The van der Waals surface area contributed by atoms with Crippen molar-refractivity contribution in [3.8, 4) is 0 Å². The molecule has 0 fully saturated rings. The molecule has 0 spiro atoms. The molecule has 2 heteroatoms. The molecule has 0 unspecified atom stereocenters. The second-order valence-electron chi connectivity index (χ2n) is 2.98. The molecule has 1 heterocycles. The Bertz CT molecular complexity index is 421. The van der Waals surface area contributed by atoms with Gasteiger partial charge in [-0.05, 0) is 13.0 Å². The van der Waals surface area contributed by atoms with Gasteiger partial charge in [0.05, 0.1) is 0 Å². The molecular formula is C10H11N2+. The van der Waals surface area contributed by atoms with Crippen LogP contribution in [0.2, 0.25) is 0 Å². The van der Waals surface area contributed by atoms with Gasteiger partial charge >= 0.3 is 0 Å². The molecule has 0 saturated carbocycles. The van der Waals surface area contributed by atoms with Gasteiger partial charge < -0.3 is 0 Å². The van der Waals surface area contributed by atoms with Crippen LogP contribution in [-0.2, 0) is 7.05 Å². The van der Waals surface area contributed by atoms with Crippen LogP contribution >= 0.6 is 0 Å². The Morgan fingerprint density at radius 3 is 2.83 bits per heavy atom. The fourth-order valence-electron chi connectivity index (χ4n) is 1.43. The van der Waals surface area contributed by atoms with E-state index in [4.69, 9.17) is 0 Å². The summed E-state index contributed by atoms with van der Waals surface area (Å²) >= 11 is 0. The van der Waals surface area contributed by atoms with Gasteiger partial charge in [-0.3, -0.25) is 0 Å². The number of hydrogen-bond acceptors (Lipinski definition) is 1. The molecule has 0 saturated heterocycles. The second-order valence-corrected chi connectivity index (χ2v) is 2.98. The average molecular weight is 159 g/mol. The molecule has 0 aliphatic carbocycles. The van der Waals surface area contributed by atoms with Crippen LogP contribution in [0, 0.1) is 6.92 Å². The van der Waals surface area contributed by atoms with Crippen LogP contribution in [-0.4, -0.2) is 4.98 Å². The van der Waals surface area contributed by atoms with E-state index >= 15 is 0 Å². The van der Waals surface area contributed by atoms with Crippen LogP contribution in [0.1, 0.15) is 5.69 Å². The van der Waals surface area contributed by atoms with Crippen molar-refractivity contribution < 1.29 is 4.57 Å². The molecule has 2 nitrogen and oxygen atoms in total. The monoisotopic (exact) mass is 159 g/mol. The predicted octanol–water partition coefficient (Wildman–Crippen LogP) is 1.37. The minimum atomic E-state index is 1.05. The number of fused-ring (bicyclic) bond motifs is 1. The van der Waals surface area contributed by atoms with E-state index in [1.165, 1.54) is 5.52 Å². The number of benzene rings is 1. The Balaban J connectivity index is 2.89. The molecule has 0 N–H and O–H groups in total. The molecule has 0 atom stereocenters. The van der Waals surface area contributed by atoms with Gasteiger partial charge in [0.1, 0.15) is 18.3 Å². The Labute approximate surface area is 71.5 Å². The number of rotatable bonds is 0. The third-order valence-corrected chi connectivity index (χ3v) is 1.94. The van der Waals surface area contributed by atoms with Crippen LogP contribution in [0.4, 0.5) is 0 Å². The van der Waals surface area contributed by atoms with E-state index in [0.29, 0.717) is 0 Å². The summed E-state index contributed by atoms with van der Waals surface area (Å²) in [5.74, 6) is 0. The lowest BCUT2D eigenvalue weighted by Crippen LogP contribution is -2.29. The van der Waals surface area contributed by atoms with E-state index in [1.807, 2.05) is 38.4 Å². The Kier molecular flexibility index (Phi) is 1.54. The van der Waals surface area contributed by atoms with Gasteiger partial charge in [-0.15, -0.1) is 0 Å². The molecule has 0 radical (unpaired) electrons. The minimum Gasteiger partial charge on any atom is -0.241 e. The standard InChI is InChI=1S/C10H11N2/c1-8-7-12(2)10-6-4-3-5-9(10)11-8/h3-7H,1-2H3/q+1. The van der Waals surface area contributed by atoms with Gasteiger partial charge in [0.15, 0.2) is 6.20 Å². The van der Waals surface area contributed by atoms with Crippen molar-refractivity contribution in [3.63, 3.8) is 0 Å². The maximum Gasteiger partial charge on any atom is 0.230 e. The Morgan fingerprint density at radius 1 is 1.25 bits per heavy atom. The van der Waals surface area contributed by atoms with Crippen LogP contribution in [0.15, 0.2) is 30.5 Å². The van der Waals surface area contributed by atoms with E-state index in [-0.39, 0.29) is 0 Å². The second kappa shape index (κ2) is 2.55. The maximum atomic E-state index is 4.42. The summed E-state index contributed by atoms with van der Waals surface area (Å²) in [5.41, 5.74) is 3.28. The van der Waals surface area contributed by atoms with Crippen LogP contribution in [0.5, 0.6) is 0 Å². The number of para-hydroxylation sites is 2. The summed E-state index contributed by atoms with van der Waals surface area (Å²) in [6.07, 6.45) is 2.03. The van der Waals surface area contributed by atoms with Gasteiger partial charge in [-0.1, -0.05) is 12.1 Å². The lowest BCUT2D eigenvalue weighted by molar-refractivity contribution is -0.645. The normalized spacial score (nSPS) is 10.5. The largest absolute Gasteiger partial charge is 0.241 e. The number of aryl methyl sites for hydroxylation is 2. The smallest absolute Gasteiger partial charge is 0.230 e. The first-order chi connectivity index (χ1) is 5.77. The molecule has 0 aliphatic heterocycles. The summed E-state index contributed by atoms with van der Waals surface area (Å²) in [6.45, 7) is 2.01. The van der Waals surface area contributed by atoms with Crippen molar-refractivity contribution >= 4 is 11.0 Å². The van der Waals surface area contributed by atoms with Gasteiger partial charge in [-0.25, -0.2) is 4.98 Å². The first-order valence-corrected chi connectivity index (χ1v) is 3.99. The van der Waals surface area contributed by atoms with Gasteiger partial charge in [0.25, 0.3) is 0 Å². The Hall–Kier alpha value is -1.44. The topological polar surface area (TPSA) is 16.8 Å². The highest BCUT2D eigenvalue weighted by molar-refractivity contribution is 5.70. The van der Waals surface area contributed by atoms with Crippen molar-refractivity contribution in [3.05, 3.63) is 36.2 Å². The van der Waals surface area contributed by atoms with Crippen molar-refractivity contribution in [2.24, 2.45) is 7.05 Å². The summed E-state index contributed by atoms with van der Waals surface area (Å²) < 4.78 is 2.09. The van der Waals surface area contributed by atoms with Crippen LogP contribution < -0.4 is 4.57 Å². The zero-order valence-corrected chi connectivity index (χ0v) is 7.28. The maximum absolute atomic E-state index is 4.42. The molecule has 1 aromatic heterocycles. The highest BCUT2D eigenvalue weighted by Crippen LogP contribution is 2.05. The summed E-state index contributed by atoms with van der Waals surface area (Å²) in [7, 11) is 2.04. The molecule has 2 aromatic rings. The summed E-state index contributed by atoms with van der Waals surface area (Å²) in [4.78, 5) is 4.42. The highest BCUT2D eigenvalue weighted by atomic mass is 14.9. The first kappa shape index (κ1) is 7.22. The fraction of sp³-hybridized carbons (Fsp3) is 0.200. The lowest BCUT2D eigenvalue weighted by atomic mass is 10.3. The van der Waals surface area contributed by atoms with E-state index < -0.39 is 0 Å². The third kappa shape index (κ3) is 1.05. The quantitative estimate of drug-likeness (QED) is 0.530. The molecule has 12 heavy (non-hydrogen) atoms. The van der Waals surface area contributed by atoms with Gasteiger partial charge in [0, 0.05) is 6.07 Å². The van der Waals surface area contributed by atoms with E-state index in [2.05, 4.69) is 15.6 Å². The van der Waals surface area contributed by atoms with Gasteiger partial charge in [0.2, 0.25) is 5.52 Å². The lowest BCUT2D eigenvalue weighted by Gasteiger charge is -1.96. The van der Waals surface area contributed by atoms with Crippen molar-refractivity contribution in [2.45, 2.75) is 6.92 Å². The molecule has 60 valence electrons. The van der Waals surface area contributed by atoms with Crippen LogP contribution in [0.25, 0.3) is 11.0 Å². The predicted molar refractivity (Wildman–Crippen MR) is 47.7 cm³/mol. The molecule has 1 aromatic carbocycles. The van der Waals surface area contributed by atoms with Crippen molar-refractivity contribution in [2.75, 3.05) is 0 Å². The van der Waals surface area contributed by atoms with E-state index in [0.717, 1.165) is 11.2 Å². The SMILES string of the molecule is Cc1c[n+](C)c2ccccc2n1. The van der Waals surface area contributed by atoms with Crippen molar-refractivity contribution in [1.29, 1.82) is 0 Å². The number of hydrogen-bond donors (Lipinski definition) is 0. The minimum absolute atomic E-state index is 1.05. The molecule has 0 amide bonds.